The van der Waals surface area contributed by atoms with Crippen LogP contribution in [0.4, 0.5) is 0 Å². The maximum absolute atomic E-state index is 13.1. The summed E-state index contributed by atoms with van der Waals surface area (Å²) in [6.45, 7) is 0. The molecule has 1 aromatic heterocycles. The summed E-state index contributed by atoms with van der Waals surface area (Å²) in [5.41, 5.74) is 2.91. The molecule has 4 heteroatoms. The van der Waals surface area contributed by atoms with Gasteiger partial charge in [0, 0.05) is 22.8 Å². The van der Waals surface area contributed by atoms with Gasteiger partial charge in [0.25, 0.3) is 0 Å². The molecule has 1 aliphatic carbocycles. The molecule has 1 unspecified atom stereocenters. The molecule has 1 atom stereocenters. The van der Waals surface area contributed by atoms with Crippen LogP contribution in [0.25, 0.3) is 0 Å². The normalized spacial score (nSPS) is 15.5. The van der Waals surface area contributed by atoms with Gasteiger partial charge in [0.15, 0.2) is 0 Å². The summed E-state index contributed by atoms with van der Waals surface area (Å²) in [7, 11) is -1.11. The van der Waals surface area contributed by atoms with E-state index < -0.39 is 10.8 Å². The monoisotopic (exact) mass is 337 g/mol. The highest BCUT2D eigenvalue weighted by atomic mass is 32.2. The maximum Gasteiger partial charge on any atom is 0.140 e. The van der Waals surface area contributed by atoms with E-state index in [0.717, 1.165) is 22.6 Å². The molecule has 2 aromatic carbocycles. The van der Waals surface area contributed by atoms with Gasteiger partial charge in [-0.15, -0.1) is 0 Å². The average molecular weight is 337 g/mol. The molecule has 0 N–H and O–H groups in total. The Bertz CT molecular complexity index is 786. The van der Waals surface area contributed by atoms with Crippen molar-refractivity contribution in [2.24, 2.45) is 0 Å². The zero-order chi connectivity index (χ0) is 16.4. The first kappa shape index (κ1) is 15.3. The van der Waals surface area contributed by atoms with Crippen molar-refractivity contribution in [2.45, 2.75) is 29.8 Å². The third kappa shape index (κ3) is 3.34. The van der Waals surface area contributed by atoms with E-state index in [0.29, 0.717) is 11.7 Å². The third-order valence-corrected chi connectivity index (χ3v) is 5.96. The minimum absolute atomic E-state index is 0.159. The van der Waals surface area contributed by atoms with Crippen molar-refractivity contribution in [3.05, 3.63) is 89.3 Å². The molecule has 0 saturated heterocycles. The summed E-state index contributed by atoms with van der Waals surface area (Å²) >= 11 is 0. The fraction of sp³-hybridized carbons (Fsp3) is 0.250. The molecule has 24 heavy (non-hydrogen) atoms. The summed E-state index contributed by atoms with van der Waals surface area (Å²) < 4.78 is 18.5. The van der Waals surface area contributed by atoms with Gasteiger partial charge >= 0.3 is 0 Å². The molecular weight excluding hydrogens is 318 g/mol. The largest absolute Gasteiger partial charge is 0.361 e. The van der Waals surface area contributed by atoms with Crippen molar-refractivity contribution < 1.29 is 8.73 Å². The summed E-state index contributed by atoms with van der Waals surface area (Å²) in [4.78, 5) is 0. The van der Waals surface area contributed by atoms with E-state index in [1.54, 1.807) is 0 Å². The van der Waals surface area contributed by atoms with Gasteiger partial charge in [-0.2, -0.15) is 0 Å². The quantitative estimate of drug-likeness (QED) is 0.661. The Morgan fingerprint density at radius 2 is 1.58 bits per heavy atom. The Morgan fingerprint density at radius 3 is 2.12 bits per heavy atom. The van der Waals surface area contributed by atoms with Crippen LogP contribution in [-0.2, 0) is 16.6 Å². The Hall–Kier alpha value is -2.20. The second kappa shape index (κ2) is 6.73. The molecule has 3 aromatic rings. The number of hydrogen-bond donors (Lipinski definition) is 0. The molecule has 1 fully saturated rings. The van der Waals surface area contributed by atoms with Gasteiger partial charge in [0.2, 0.25) is 0 Å². The molecular formula is C20H19NO2S. The van der Waals surface area contributed by atoms with Crippen LogP contribution in [0.15, 0.2) is 71.3 Å². The first-order valence-electron chi connectivity index (χ1n) is 8.24. The summed E-state index contributed by atoms with van der Waals surface area (Å²) in [6, 6.07) is 22.0. The fourth-order valence-corrected chi connectivity index (χ4v) is 4.45. The van der Waals surface area contributed by atoms with Crippen LogP contribution in [0.5, 0.6) is 0 Å². The second-order valence-electron chi connectivity index (χ2n) is 6.22. The molecule has 1 saturated carbocycles. The molecule has 0 radical (unpaired) electrons. The molecule has 0 bridgehead atoms. The highest BCUT2D eigenvalue weighted by Gasteiger charge is 2.29. The van der Waals surface area contributed by atoms with Crippen LogP contribution in [0.2, 0.25) is 0 Å². The van der Waals surface area contributed by atoms with Gasteiger partial charge in [0.05, 0.1) is 16.7 Å². The number of nitrogens with zero attached hydrogens (tertiary/aromatic N) is 1. The van der Waals surface area contributed by atoms with Crippen LogP contribution in [0.3, 0.4) is 0 Å². The first-order valence-corrected chi connectivity index (χ1v) is 9.62. The predicted molar refractivity (Wildman–Crippen MR) is 95.1 cm³/mol. The average Bonchev–Trinajstić information content (AvgIpc) is 3.37. The molecule has 0 aliphatic heterocycles. The molecule has 1 aliphatic rings. The minimum atomic E-state index is -1.11. The smallest absolute Gasteiger partial charge is 0.140 e. The number of rotatable bonds is 6. The topological polar surface area (TPSA) is 43.1 Å². The minimum Gasteiger partial charge on any atom is -0.361 e. The Morgan fingerprint density at radius 1 is 1.00 bits per heavy atom. The van der Waals surface area contributed by atoms with Gasteiger partial charge in [-0.1, -0.05) is 65.8 Å². The lowest BCUT2D eigenvalue weighted by atomic mass is 10.0. The van der Waals surface area contributed by atoms with Gasteiger partial charge in [-0.25, -0.2) is 0 Å². The van der Waals surface area contributed by atoms with Gasteiger partial charge in [-0.05, 0) is 24.0 Å². The Labute approximate surface area is 144 Å². The van der Waals surface area contributed by atoms with E-state index in [2.05, 4.69) is 5.16 Å². The van der Waals surface area contributed by atoms with Crippen molar-refractivity contribution in [1.82, 2.24) is 5.16 Å². The third-order valence-electron chi connectivity index (χ3n) is 4.31. The van der Waals surface area contributed by atoms with Crippen molar-refractivity contribution in [3.8, 4) is 0 Å². The summed E-state index contributed by atoms with van der Waals surface area (Å²) in [5.74, 6) is 1.88. The van der Waals surface area contributed by atoms with E-state index >= 15 is 0 Å². The van der Waals surface area contributed by atoms with Crippen molar-refractivity contribution >= 4 is 10.8 Å². The second-order valence-corrected chi connectivity index (χ2v) is 7.74. The van der Waals surface area contributed by atoms with Crippen molar-refractivity contribution in [1.29, 1.82) is 0 Å². The summed E-state index contributed by atoms with van der Waals surface area (Å²) in [5, 5.41) is 3.96. The van der Waals surface area contributed by atoms with Crippen molar-refractivity contribution in [2.75, 3.05) is 0 Å². The summed E-state index contributed by atoms with van der Waals surface area (Å²) in [6.07, 6.45) is 2.35. The predicted octanol–water partition coefficient (Wildman–Crippen LogP) is 4.59. The van der Waals surface area contributed by atoms with E-state index in [-0.39, 0.29) is 5.25 Å². The van der Waals surface area contributed by atoms with E-state index in [1.807, 2.05) is 66.7 Å². The lowest BCUT2D eigenvalue weighted by molar-refractivity contribution is 0.380. The Kier molecular flexibility index (Phi) is 4.30. The first-order chi connectivity index (χ1) is 11.8. The molecule has 4 rings (SSSR count). The molecule has 0 amide bonds. The fourth-order valence-electron chi connectivity index (χ4n) is 2.94. The van der Waals surface area contributed by atoms with Crippen LogP contribution in [0.1, 0.15) is 46.6 Å². The molecule has 3 nitrogen and oxygen atoms in total. The number of benzene rings is 2. The number of hydrogen-bond acceptors (Lipinski definition) is 3. The maximum atomic E-state index is 13.1. The van der Waals surface area contributed by atoms with Crippen molar-refractivity contribution in [3.63, 3.8) is 0 Å². The van der Waals surface area contributed by atoms with Gasteiger partial charge < -0.3 is 4.52 Å². The lowest BCUT2D eigenvalue weighted by Crippen LogP contribution is -2.10. The highest BCUT2D eigenvalue weighted by molar-refractivity contribution is 7.84. The zero-order valence-corrected chi connectivity index (χ0v) is 14.1. The SMILES string of the molecule is O=S(Cc1cc(C2CC2)on1)C(c1ccccc1)c1ccccc1. The molecule has 122 valence electrons. The van der Waals surface area contributed by atoms with Gasteiger partial charge in [-0.3, -0.25) is 4.21 Å². The number of aromatic nitrogens is 1. The molecule has 1 heterocycles. The van der Waals surface area contributed by atoms with E-state index in [9.17, 15) is 4.21 Å². The zero-order valence-electron chi connectivity index (χ0n) is 13.3. The Balaban J connectivity index is 1.61. The van der Waals surface area contributed by atoms with Crippen LogP contribution >= 0.6 is 0 Å². The lowest BCUT2D eigenvalue weighted by Gasteiger charge is -2.17. The van der Waals surface area contributed by atoms with Crippen LogP contribution in [0, 0.1) is 0 Å². The van der Waals surface area contributed by atoms with Crippen LogP contribution < -0.4 is 0 Å². The molecule has 0 spiro atoms. The van der Waals surface area contributed by atoms with Gasteiger partial charge in [0.1, 0.15) is 5.76 Å². The van der Waals surface area contributed by atoms with E-state index in [1.165, 1.54) is 12.8 Å². The highest BCUT2D eigenvalue weighted by Crippen LogP contribution is 2.40. The van der Waals surface area contributed by atoms with Crippen LogP contribution in [-0.4, -0.2) is 9.37 Å². The van der Waals surface area contributed by atoms with E-state index in [4.69, 9.17) is 4.52 Å². The standard InChI is InChI=1S/C20H19NO2S/c22-24(14-18-13-19(23-21-18)15-11-12-15)20(16-7-3-1-4-8-16)17-9-5-2-6-10-17/h1-10,13,15,20H,11-12,14H2.